The lowest BCUT2D eigenvalue weighted by molar-refractivity contribution is 0.414. The smallest absolute Gasteiger partial charge is 0.320 e. The summed E-state index contributed by atoms with van der Waals surface area (Å²) in [5.74, 6) is 1.29. The first-order valence-electron chi connectivity index (χ1n) is 6.30. The van der Waals surface area contributed by atoms with E-state index in [-0.39, 0.29) is 6.04 Å². The van der Waals surface area contributed by atoms with Crippen LogP contribution in [-0.2, 0) is 0 Å². The van der Waals surface area contributed by atoms with Crippen LogP contribution in [-0.4, -0.2) is 23.9 Å². The van der Waals surface area contributed by atoms with Crippen molar-refractivity contribution in [2.24, 2.45) is 0 Å². The molecule has 2 rings (SSSR count). The maximum atomic E-state index is 5.56. The summed E-state index contributed by atoms with van der Waals surface area (Å²) in [4.78, 5) is 0. The number of rotatable bonds is 6. The zero-order valence-corrected chi connectivity index (χ0v) is 13.2. The van der Waals surface area contributed by atoms with Crippen molar-refractivity contribution >= 4 is 27.6 Å². The molecule has 0 saturated carbocycles. The molecule has 0 aliphatic heterocycles. The second-order valence-corrected chi connectivity index (χ2v) is 5.15. The predicted molar refractivity (Wildman–Crippen MR) is 80.4 cm³/mol. The summed E-state index contributed by atoms with van der Waals surface area (Å²) in [6.07, 6.45) is 0. The van der Waals surface area contributed by atoms with E-state index in [0.717, 1.165) is 22.5 Å². The molecule has 108 valence electrons. The van der Waals surface area contributed by atoms with Gasteiger partial charge in [-0.3, -0.25) is 0 Å². The van der Waals surface area contributed by atoms with Crippen LogP contribution in [0.1, 0.15) is 25.8 Å². The van der Waals surface area contributed by atoms with Gasteiger partial charge in [-0.2, -0.15) is 0 Å². The number of hydrogen-bond acceptors (Lipinski definition) is 6. The maximum Gasteiger partial charge on any atom is 0.320 e. The molecule has 0 radical (unpaired) electrons. The Morgan fingerprint density at radius 2 is 2.15 bits per heavy atom. The Morgan fingerprint density at radius 1 is 1.35 bits per heavy atom. The summed E-state index contributed by atoms with van der Waals surface area (Å²) in [7, 11) is 1.62. The minimum absolute atomic E-state index is 0.0279. The highest BCUT2D eigenvalue weighted by atomic mass is 79.9. The van der Waals surface area contributed by atoms with Crippen LogP contribution in [0.5, 0.6) is 5.75 Å². The number of ether oxygens (including phenoxy) is 1. The minimum atomic E-state index is 0.0279. The van der Waals surface area contributed by atoms with E-state index in [1.807, 2.05) is 32.0 Å². The highest BCUT2D eigenvalue weighted by molar-refractivity contribution is 9.10. The first-order chi connectivity index (χ1) is 9.62. The Bertz CT molecular complexity index is 573. The number of nitrogens with one attached hydrogen (secondary N) is 2. The van der Waals surface area contributed by atoms with E-state index in [1.165, 1.54) is 0 Å². The fourth-order valence-corrected chi connectivity index (χ4v) is 2.20. The zero-order valence-electron chi connectivity index (χ0n) is 11.6. The van der Waals surface area contributed by atoms with E-state index in [1.54, 1.807) is 7.11 Å². The van der Waals surface area contributed by atoms with Crippen molar-refractivity contribution < 1.29 is 9.15 Å². The number of nitrogens with zero attached hydrogens (tertiary/aromatic N) is 2. The summed E-state index contributed by atoms with van der Waals surface area (Å²) in [6, 6.07) is 6.00. The van der Waals surface area contributed by atoms with E-state index >= 15 is 0 Å². The number of halogens is 1. The summed E-state index contributed by atoms with van der Waals surface area (Å²) in [6.45, 7) is 4.85. The average molecular weight is 341 g/mol. The van der Waals surface area contributed by atoms with Crippen molar-refractivity contribution in [2.45, 2.75) is 19.9 Å². The molecule has 0 spiro atoms. The molecule has 1 unspecified atom stereocenters. The Morgan fingerprint density at radius 3 is 2.85 bits per heavy atom. The van der Waals surface area contributed by atoms with Crippen LogP contribution in [0.3, 0.4) is 0 Å². The van der Waals surface area contributed by atoms with E-state index in [9.17, 15) is 0 Å². The molecule has 6 nitrogen and oxygen atoms in total. The summed E-state index contributed by atoms with van der Waals surface area (Å²) < 4.78 is 11.7. The molecule has 0 aliphatic carbocycles. The lowest BCUT2D eigenvalue weighted by Gasteiger charge is -2.07. The monoisotopic (exact) mass is 340 g/mol. The van der Waals surface area contributed by atoms with E-state index in [4.69, 9.17) is 9.15 Å². The molecule has 0 saturated heterocycles. The summed E-state index contributed by atoms with van der Waals surface area (Å²) in [5.41, 5.74) is 0.808. The van der Waals surface area contributed by atoms with Gasteiger partial charge in [0.1, 0.15) is 5.75 Å². The molecule has 0 bridgehead atoms. The maximum absolute atomic E-state index is 5.56. The van der Waals surface area contributed by atoms with Gasteiger partial charge in [0.15, 0.2) is 0 Å². The lowest BCUT2D eigenvalue weighted by atomic mass is 10.3. The van der Waals surface area contributed by atoms with Gasteiger partial charge in [-0.1, -0.05) is 28.0 Å². The van der Waals surface area contributed by atoms with E-state index in [0.29, 0.717) is 11.9 Å². The standard InChI is InChI=1S/C13H17BrN4O2/c1-4-15-8(2)12-17-18-13(20-12)16-10-5-9(14)6-11(7-10)19-3/h5-8,15H,4H2,1-3H3,(H,16,18). The van der Waals surface area contributed by atoms with Crippen LogP contribution in [0, 0.1) is 0 Å². The molecule has 2 N–H and O–H groups in total. The minimum Gasteiger partial charge on any atom is -0.497 e. The number of hydrogen-bond donors (Lipinski definition) is 2. The molecule has 0 aliphatic rings. The van der Waals surface area contributed by atoms with Gasteiger partial charge in [0.2, 0.25) is 5.89 Å². The molecular formula is C13H17BrN4O2. The van der Waals surface area contributed by atoms with Crippen LogP contribution in [0.4, 0.5) is 11.7 Å². The number of benzene rings is 1. The van der Waals surface area contributed by atoms with Crippen molar-refractivity contribution in [1.82, 2.24) is 15.5 Å². The Balaban J connectivity index is 2.12. The van der Waals surface area contributed by atoms with Gasteiger partial charge in [-0.15, -0.1) is 5.10 Å². The molecule has 1 heterocycles. The third-order valence-corrected chi connectivity index (χ3v) is 3.14. The second-order valence-electron chi connectivity index (χ2n) is 4.23. The van der Waals surface area contributed by atoms with Crippen molar-refractivity contribution in [3.05, 3.63) is 28.6 Å². The molecule has 1 aromatic carbocycles. The molecule has 1 atom stereocenters. The second kappa shape index (κ2) is 6.71. The molecule has 1 aromatic heterocycles. The van der Waals surface area contributed by atoms with Crippen LogP contribution in [0.25, 0.3) is 0 Å². The van der Waals surface area contributed by atoms with Crippen LogP contribution in [0.15, 0.2) is 27.1 Å². The number of methoxy groups -OCH3 is 1. The highest BCUT2D eigenvalue weighted by Crippen LogP contribution is 2.26. The number of aromatic nitrogens is 2. The third-order valence-electron chi connectivity index (χ3n) is 2.68. The zero-order chi connectivity index (χ0) is 14.5. The molecule has 2 aromatic rings. The average Bonchev–Trinajstić information content (AvgIpc) is 2.87. The van der Waals surface area contributed by atoms with Crippen molar-refractivity contribution in [3.63, 3.8) is 0 Å². The Hall–Kier alpha value is -1.60. The van der Waals surface area contributed by atoms with Crippen LogP contribution < -0.4 is 15.4 Å². The SMILES string of the molecule is CCNC(C)c1nnc(Nc2cc(Br)cc(OC)c2)o1. The molecule has 20 heavy (non-hydrogen) atoms. The van der Waals surface area contributed by atoms with Gasteiger partial charge in [-0.05, 0) is 25.6 Å². The van der Waals surface area contributed by atoms with Crippen LogP contribution >= 0.6 is 15.9 Å². The first kappa shape index (κ1) is 14.8. The van der Waals surface area contributed by atoms with Gasteiger partial charge in [0.05, 0.1) is 13.2 Å². The van der Waals surface area contributed by atoms with Gasteiger partial charge in [0, 0.05) is 16.2 Å². The van der Waals surface area contributed by atoms with Gasteiger partial charge < -0.3 is 19.8 Å². The largest absolute Gasteiger partial charge is 0.497 e. The highest BCUT2D eigenvalue weighted by Gasteiger charge is 2.13. The first-order valence-corrected chi connectivity index (χ1v) is 7.10. The molecule has 7 heteroatoms. The summed E-state index contributed by atoms with van der Waals surface area (Å²) in [5, 5.41) is 14.3. The third kappa shape index (κ3) is 3.71. The van der Waals surface area contributed by atoms with Gasteiger partial charge in [0.25, 0.3) is 0 Å². The fraction of sp³-hybridized carbons (Fsp3) is 0.385. The van der Waals surface area contributed by atoms with Crippen LogP contribution in [0.2, 0.25) is 0 Å². The molecular weight excluding hydrogens is 324 g/mol. The quantitative estimate of drug-likeness (QED) is 0.840. The summed E-state index contributed by atoms with van der Waals surface area (Å²) >= 11 is 3.42. The van der Waals surface area contributed by atoms with Crippen molar-refractivity contribution in [1.29, 1.82) is 0 Å². The lowest BCUT2D eigenvalue weighted by Crippen LogP contribution is -2.17. The predicted octanol–water partition coefficient (Wildman–Crippen LogP) is 3.25. The normalized spacial score (nSPS) is 12.2. The van der Waals surface area contributed by atoms with E-state index < -0.39 is 0 Å². The number of anilines is 2. The Kier molecular flexibility index (Phi) is 4.97. The van der Waals surface area contributed by atoms with E-state index in [2.05, 4.69) is 36.8 Å². The molecule has 0 amide bonds. The van der Waals surface area contributed by atoms with Gasteiger partial charge in [-0.25, -0.2) is 0 Å². The molecule has 0 fully saturated rings. The van der Waals surface area contributed by atoms with Crippen molar-refractivity contribution in [2.75, 3.05) is 19.0 Å². The van der Waals surface area contributed by atoms with Crippen molar-refractivity contribution in [3.8, 4) is 5.75 Å². The van der Waals surface area contributed by atoms with Gasteiger partial charge >= 0.3 is 6.01 Å². The fourth-order valence-electron chi connectivity index (χ4n) is 1.73. The topological polar surface area (TPSA) is 72.2 Å². The Labute approximate surface area is 126 Å².